The predicted molar refractivity (Wildman–Crippen MR) is 78.8 cm³/mol. The van der Waals surface area contributed by atoms with Gasteiger partial charge < -0.3 is 10.5 Å². The van der Waals surface area contributed by atoms with Crippen LogP contribution in [0.25, 0.3) is 11.5 Å². The fraction of sp³-hybridized carbons (Fsp3) is 0.0714. The van der Waals surface area contributed by atoms with Crippen LogP contribution in [-0.2, 0) is 0 Å². The van der Waals surface area contributed by atoms with Crippen LogP contribution in [0.1, 0.15) is 5.56 Å². The first-order valence-corrected chi connectivity index (χ1v) is 6.78. The Bertz CT molecular complexity index is 724. The number of nitrogen functional groups attached to an aromatic ring is 1. The molecule has 2 aromatic heterocycles. The van der Waals surface area contributed by atoms with E-state index in [0.717, 1.165) is 17.3 Å². The molecule has 0 aliphatic carbocycles. The van der Waals surface area contributed by atoms with Gasteiger partial charge in [0.25, 0.3) is 0 Å². The van der Waals surface area contributed by atoms with Gasteiger partial charge in [0.2, 0.25) is 0 Å². The maximum atomic E-state index is 5.78. The molecular weight excluding hydrogens is 272 g/mol. The van der Waals surface area contributed by atoms with E-state index in [-0.39, 0.29) is 0 Å². The Labute approximate surface area is 120 Å². The van der Waals surface area contributed by atoms with Crippen LogP contribution in [0.15, 0.2) is 42.6 Å². The van der Waals surface area contributed by atoms with Gasteiger partial charge in [-0.25, -0.2) is 0 Å². The van der Waals surface area contributed by atoms with Crippen molar-refractivity contribution in [2.24, 2.45) is 0 Å². The molecule has 0 radical (unpaired) electrons. The molecular formula is C14H12N4OS. The van der Waals surface area contributed by atoms with Gasteiger partial charge in [0.05, 0.1) is 0 Å². The van der Waals surface area contributed by atoms with Crippen LogP contribution in [0.2, 0.25) is 0 Å². The molecule has 0 aliphatic heterocycles. The number of rotatable bonds is 3. The van der Waals surface area contributed by atoms with E-state index in [2.05, 4.69) is 14.3 Å². The van der Waals surface area contributed by atoms with Gasteiger partial charge in [-0.1, -0.05) is 17.7 Å². The fourth-order valence-electron chi connectivity index (χ4n) is 1.68. The van der Waals surface area contributed by atoms with Crippen molar-refractivity contribution < 1.29 is 4.74 Å². The molecule has 2 heterocycles. The SMILES string of the molecule is Cc1ccc(Oc2ccnc(-c3nsc(N)n3)c2)cc1. The number of ether oxygens (including phenoxy) is 1. The first kappa shape index (κ1) is 12.6. The monoisotopic (exact) mass is 284 g/mol. The number of aromatic nitrogens is 3. The van der Waals surface area contributed by atoms with Gasteiger partial charge >= 0.3 is 0 Å². The second kappa shape index (κ2) is 5.26. The van der Waals surface area contributed by atoms with Crippen molar-refractivity contribution in [3.8, 4) is 23.0 Å². The van der Waals surface area contributed by atoms with Gasteiger partial charge in [0, 0.05) is 23.8 Å². The third-order valence-corrected chi connectivity index (χ3v) is 3.20. The van der Waals surface area contributed by atoms with Crippen LogP contribution in [0.4, 0.5) is 5.13 Å². The zero-order valence-electron chi connectivity index (χ0n) is 10.8. The van der Waals surface area contributed by atoms with Crippen LogP contribution in [0.5, 0.6) is 11.5 Å². The average Bonchev–Trinajstić information content (AvgIpc) is 2.89. The van der Waals surface area contributed by atoms with Crippen LogP contribution in [0.3, 0.4) is 0 Å². The van der Waals surface area contributed by atoms with E-state index in [4.69, 9.17) is 10.5 Å². The smallest absolute Gasteiger partial charge is 0.200 e. The molecule has 0 spiro atoms. The Morgan fingerprint density at radius 1 is 1.10 bits per heavy atom. The summed E-state index contributed by atoms with van der Waals surface area (Å²) in [7, 11) is 0. The standard InChI is InChI=1S/C14H12N4OS/c1-9-2-4-10(5-3-9)19-11-6-7-16-12(8-11)13-17-14(15)20-18-13/h2-8H,1H3,(H2,15,17,18). The minimum absolute atomic E-state index is 0.423. The van der Waals surface area contributed by atoms with Crippen molar-refractivity contribution in [1.82, 2.24) is 14.3 Å². The Balaban J connectivity index is 1.86. The number of hydrogen-bond acceptors (Lipinski definition) is 6. The van der Waals surface area contributed by atoms with Crippen molar-refractivity contribution >= 4 is 16.7 Å². The van der Waals surface area contributed by atoms with Gasteiger partial charge in [-0.05, 0) is 25.1 Å². The predicted octanol–water partition coefficient (Wildman–Crippen LogP) is 3.28. The molecule has 1 aromatic carbocycles. The van der Waals surface area contributed by atoms with Crippen LogP contribution in [0, 0.1) is 6.92 Å². The summed E-state index contributed by atoms with van der Waals surface area (Å²) in [6.07, 6.45) is 1.66. The molecule has 0 fully saturated rings. The van der Waals surface area contributed by atoms with Gasteiger partial charge in [-0.2, -0.15) is 9.36 Å². The maximum absolute atomic E-state index is 5.78. The van der Waals surface area contributed by atoms with E-state index in [1.165, 1.54) is 5.56 Å². The second-order valence-electron chi connectivity index (χ2n) is 4.25. The van der Waals surface area contributed by atoms with Gasteiger partial charge in [0.1, 0.15) is 17.2 Å². The number of hydrogen-bond donors (Lipinski definition) is 1. The highest BCUT2D eigenvalue weighted by Crippen LogP contribution is 2.25. The van der Waals surface area contributed by atoms with Gasteiger partial charge in [-0.15, -0.1) is 0 Å². The third kappa shape index (κ3) is 2.75. The quantitative estimate of drug-likeness (QED) is 0.799. The number of benzene rings is 1. The Hall–Kier alpha value is -2.47. The van der Waals surface area contributed by atoms with Crippen LogP contribution < -0.4 is 10.5 Å². The van der Waals surface area contributed by atoms with Crippen LogP contribution >= 0.6 is 11.5 Å². The number of anilines is 1. The molecule has 3 rings (SSSR count). The molecule has 20 heavy (non-hydrogen) atoms. The summed E-state index contributed by atoms with van der Waals surface area (Å²) in [6.45, 7) is 2.03. The number of aryl methyl sites for hydroxylation is 1. The molecule has 3 aromatic rings. The van der Waals surface area contributed by atoms with Crippen molar-refractivity contribution in [1.29, 1.82) is 0 Å². The van der Waals surface area contributed by atoms with Crippen molar-refractivity contribution in [2.75, 3.05) is 5.73 Å². The molecule has 0 bridgehead atoms. The highest BCUT2D eigenvalue weighted by Gasteiger charge is 2.07. The highest BCUT2D eigenvalue weighted by atomic mass is 32.1. The molecule has 100 valence electrons. The average molecular weight is 284 g/mol. The Kier molecular flexibility index (Phi) is 3.30. The molecule has 0 saturated carbocycles. The summed E-state index contributed by atoms with van der Waals surface area (Å²) in [6, 6.07) is 11.4. The summed E-state index contributed by atoms with van der Waals surface area (Å²) < 4.78 is 9.91. The first-order chi connectivity index (χ1) is 9.70. The summed E-state index contributed by atoms with van der Waals surface area (Å²) in [5, 5.41) is 0.423. The summed E-state index contributed by atoms with van der Waals surface area (Å²) in [5.41, 5.74) is 7.41. The first-order valence-electron chi connectivity index (χ1n) is 6.01. The Morgan fingerprint density at radius 3 is 2.60 bits per heavy atom. The Morgan fingerprint density at radius 2 is 1.90 bits per heavy atom. The minimum atomic E-state index is 0.423. The van der Waals surface area contributed by atoms with Crippen molar-refractivity contribution in [3.05, 3.63) is 48.2 Å². The fourth-order valence-corrected chi connectivity index (χ4v) is 2.12. The van der Waals surface area contributed by atoms with E-state index in [1.807, 2.05) is 31.2 Å². The lowest BCUT2D eigenvalue weighted by Gasteiger charge is -2.06. The largest absolute Gasteiger partial charge is 0.457 e. The number of pyridine rings is 1. The van der Waals surface area contributed by atoms with E-state index in [9.17, 15) is 0 Å². The summed E-state index contributed by atoms with van der Waals surface area (Å²) >= 11 is 1.15. The summed E-state index contributed by atoms with van der Waals surface area (Å²) in [4.78, 5) is 8.33. The number of nitrogens with two attached hydrogens (primary N) is 1. The van der Waals surface area contributed by atoms with E-state index >= 15 is 0 Å². The summed E-state index contributed by atoms with van der Waals surface area (Å²) in [5.74, 6) is 1.98. The van der Waals surface area contributed by atoms with E-state index in [0.29, 0.717) is 22.4 Å². The molecule has 6 heteroatoms. The molecule has 0 saturated heterocycles. The normalized spacial score (nSPS) is 10.4. The van der Waals surface area contributed by atoms with E-state index in [1.54, 1.807) is 18.3 Å². The molecule has 5 nitrogen and oxygen atoms in total. The lowest BCUT2D eigenvalue weighted by Crippen LogP contribution is -1.90. The zero-order chi connectivity index (χ0) is 13.9. The zero-order valence-corrected chi connectivity index (χ0v) is 11.6. The molecule has 2 N–H and O–H groups in total. The maximum Gasteiger partial charge on any atom is 0.200 e. The number of nitrogens with zero attached hydrogens (tertiary/aromatic N) is 3. The molecule has 0 unspecified atom stereocenters. The van der Waals surface area contributed by atoms with Crippen molar-refractivity contribution in [2.45, 2.75) is 6.92 Å². The second-order valence-corrected chi connectivity index (χ2v) is 5.03. The molecule has 0 atom stereocenters. The highest BCUT2D eigenvalue weighted by molar-refractivity contribution is 7.09. The molecule has 0 amide bonds. The third-order valence-electron chi connectivity index (χ3n) is 2.66. The van der Waals surface area contributed by atoms with Crippen molar-refractivity contribution in [3.63, 3.8) is 0 Å². The van der Waals surface area contributed by atoms with Gasteiger partial charge in [-0.3, -0.25) is 4.98 Å². The van der Waals surface area contributed by atoms with Gasteiger partial charge in [0.15, 0.2) is 11.0 Å². The molecule has 0 aliphatic rings. The van der Waals surface area contributed by atoms with Crippen LogP contribution in [-0.4, -0.2) is 14.3 Å². The minimum Gasteiger partial charge on any atom is -0.457 e. The lowest BCUT2D eigenvalue weighted by atomic mass is 10.2. The lowest BCUT2D eigenvalue weighted by molar-refractivity contribution is 0.482. The van der Waals surface area contributed by atoms with E-state index < -0.39 is 0 Å². The topological polar surface area (TPSA) is 73.9 Å².